The molecule has 13 heteroatoms. The molecule has 2 aromatic carbocycles. The van der Waals surface area contributed by atoms with Crippen LogP contribution in [0, 0.1) is 37.7 Å². The number of azo groups is 1. The zero-order chi connectivity index (χ0) is 20.3. The van der Waals surface area contributed by atoms with Crippen LogP contribution in [0.1, 0.15) is 0 Å². The summed E-state index contributed by atoms with van der Waals surface area (Å²) in [6.45, 7) is 0. The first-order chi connectivity index (χ1) is 12.7. The molecule has 0 unspecified atom stereocenters. The second-order valence-electron chi connectivity index (χ2n) is 4.74. The van der Waals surface area contributed by atoms with Crippen molar-refractivity contribution in [1.29, 1.82) is 0 Å². The third-order valence-corrected chi connectivity index (χ3v) is 3.26. The molecule has 0 radical (unpaired) electrons. The predicted molar refractivity (Wildman–Crippen MR) is 83.3 cm³/mol. The van der Waals surface area contributed by atoms with Gasteiger partial charge >= 0.3 is 11.4 Å². The monoisotopic (exact) mass is 386 g/mol. The molecule has 10 nitrogen and oxygen atoms in total. The molecule has 0 spiro atoms. The van der Waals surface area contributed by atoms with Crippen molar-refractivity contribution in [3.8, 4) is 11.5 Å². The van der Waals surface area contributed by atoms with Crippen LogP contribution in [0.25, 0.3) is 0 Å². The van der Waals surface area contributed by atoms with Crippen LogP contribution in [0.3, 0.4) is 0 Å². The van der Waals surface area contributed by atoms with Gasteiger partial charge in [-0.15, -0.1) is 10.2 Å². The minimum atomic E-state index is -2.26. The van der Waals surface area contributed by atoms with Gasteiger partial charge in [0.15, 0.2) is 5.69 Å². The second-order valence-corrected chi connectivity index (χ2v) is 4.74. The van der Waals surface area contributed by atoms with E-state index in [1.54, 1.807) is 0 Å². The molecule has 0 aliphatic heterocycles. The Labute approximate surface area is 148 Å². The van der Waals surface area contributed by atoms with Crippen molar-refractivity contribution in [2.45, 2.75) is 0 Å². The fraction of sp³-hybridized carbons (Fsp3) is 0.143. The predicted octanol–water partition coefficient (Wildman–Crippen LogP) is 4.35. The normalized spacial score (nSPS) is 10.9. The molecule has 0 fully saturated rings. The SMILES string of the molecule is COc1ccc(N=Nc2c(F)c([N+](=O)[O-])c(F)c([N+](=O)[O-])c2F)c(OC)c1. The summed E-state index contributed by atoms with van der Waals surface area (Å²) in [5.41, 5.74) is -5.41. The van der Waals surface area contributed by atoms with Crippen LogP contribution in [0.2, 0.25) is 0 Å². The average Bonchev–Trinajstić information content (AvgIpc) is 2.60. The van der Waals surface area contributed by atoms with Crippen molar-refractivity contribution in [2.24, 2.45) is 10.2 Å². The number of halogens is 3. The molecule has 0 bridgehead atoms. The largest absolute Gasteiger partial charge is 0.497 e. The van der Waals surface area contributed by atoms with E-state index in [9.17, 15) is 33.4 Å². The number of hydrogen-bond donors (Lipinski definition) is 0. The highest BCUT2D eigenvalue weighted by Gasteiger charge is 2.39. The molecule has 2 aromatic rings. The van der Waals surface area contributed by atoms with Gasteiger partial charge in [-0.05, 0) is 12.1 Å². The minimum absolute atomic E-state index is 0.0602. The molecular formula is C14H9F3N4O6. The van der Waals surface area contributed by atoms with Gasteiger partial charge in [-0.3, -0.25) is 20.2 Å². The van der Waals surface area contributed by atoms with E-state index in [0.717, 1.165) is 0 Å². The van der Waals surface area contributed by atoms with E-state index in [-0.39, 0.29) is 11.4 Å². The van der Waals surface area contributed by atoms with Crippen molar-refractivity contribution >= 4 is 22.7 Å². The molecule has 2 rings (SSSR count). The highest BCUT2D eigenvalue weighted by Crippen LogP contribution is 2.41. The minimum Gasteiger partial charge on any atom is -0.497 e. The molecule has 0 aliphatic carbocycles. The van der Waals surface area contributed by atoms with Crippen LogP contribution in [-0.2, 0) is 0 Å². The van der Waals surface area contributed by atoms with Crippen LogP contribution in [-0.4, -0.2) is 24.1 Å². The lowest BCUT2D eigenvalue weighted by molar-refractivity contribution is -0.402. The number of benzene rings is 2. The maximum absolute atomic E-state index is 14.1. The maximum atomic E-state index is 14.1. The van der Waals surface area contributed by atoms with Gasteiger partial charge < -0.3 is 9.47 Å². The lowest BCUT2D eigenvalue weighted by atomic mass is 10.2. The Morgan fingerprint density at radius 2 is 1.44 bits per heavy atom. The number of rotatable bonds is 6. The number of methoxy groups -OCH3 is 2. The van der Waals surface area contributed by atoms with Gasteiger partial charge in [0.25, 0.3) is 5.82 Å². The summed E-state index contributed by atoms with van der Waals surface area (Å²) in [4.78, 5) is 18.5. The van der Waals surface area contributed by atoms with Gasteiger partial charge in [-0.2, -0.15) is 13.2 Å². The van der Waals surface area contributed by atoms with Crippen LogP contribution in [0.4, 0.5) is 35.9 Å². The number of nitro benzene ring substituents is 2. The first kappa shape index (κ1) is 19.6. The Bertz CT molecular complexity index is 925. The number of nitro groups is 2. The van der Waals surface area contributed by atoms with E-state index in [0.29, 0.717) is 5.75 Å². The number of hydrogen-bond acceptors (Lipinski definition) is 8. The molecule has 0 atom stereocenters. The topological polar surface area (TPSA) is 129 Å². The number of nitrogens with zero attached hydrogens (tertiary/aromatic N) is 4. The van der Waals surface area contributed by atoms with E-state index in [2.05, 4.69) is 10.2 Å². The Morgan fingerprint density at radius 3 is 1.89 bits per heavy atom. The summed E-state index contributed by atoms with van der Waals surface area (Å²) in [5.74, 6) is -5.93. The quantitative estimate of drug-likeness (QED) is 0.412. The van der Waals surface area contributed by atoms with E-state index in [1.807, 2.05) is 0 Å². The fourth-order valence-electron chi connectivity index (χ4n) is 2.01. The molecule has 0 aliphatic rings. The molecule has 0 aromatic heterocycles. The summed E-state index contributed by atoms with van der Waals surface area (Å²) in [7, 11) is 2.63. The van der Waals surface area contributed by atoms with Crippen molar-refractivity contribution in [1.82, 2.24) is 0 Å². The highest BCUT2D eigenvalue weighted by atomic mass is 19.1. The maximum Gasteiger partial charge on any atom is 0.349 e. The lowest BCUT2D eigenvalue weighted by Crippen LogP contribution is -2.05. The van der Waals surface area contributed by atoms with Crippen molar-refractivity contribution in [2.75, 3.05) is 14.2 Å². The average molecular weight is 386 g/mol. The fourth-order valence-corrected chi connectivity index (χ4v) is 2.01. The molecular weight excluding hydrogens is 377 g/mol. The lowest BCUT2D eigenvalue weighted by Gasteiger charge is -2.06. The molecule has 0 N–H and O–H groups in total. The van der Waals surface area contributed by atoms with Crippen LogP contribution in [0.15, 0.2) is 28.4 Å². The highest BCUT2D eigenvalue weighted by molar-refractivity contribution is 5.61. The Balaban J connectivity index is 2.68. The summed E-state index contributed by atoms with van der Waals surface area (Å²) in [6, 6.07) is 4.04. The van der Waals surface area contributed by atoms with Crippen molar-refractivity contribution in [3.63, 3.8) is 0 Å². The van der Waals surface area contributed by atoms with Gasteiger partial charge in [-0.1, -0.05) is 0 Å². The van der Waals surface area contributed by atoms with E-state index >= 15 is 0 Å². The van der Waals surface area contributed by atoms with Crippen molar-refractivity contribution in [3.05, 3.63) is 55.9 Å². The molecule has 142 valence electrons. The standard InChI is InChI=1S/C14H9F3N4O6/c1-26-6-3-4-7(8(5-6)27-2)18-19-12-9(15)13(20(22)23)11(17)14(10(12)16)21(24)25/h3-5H,1-2H3. The van der Waals surface area contributed by atoms with Gasteiger partial charge in [0.05, 0.1) is 24.1 Å². The molecule has 27 heavy (non-hydrogen) atoms. The molecule has 0 saturated heterocycles. The Morgan fingerprint density at radius 1 is 0.889 bits per heavy atom. The summed E-state index contributed by atoms with van der Waals surface area (Å²) in [5, 5.41) is 28.2. The summed E-state index contributed by atoms with van der Waals surface area (Å²) in [6.07, 6.45) is 0. The molecule has 0 amide bonds. The first-order valence-electron chi connectivity index (χ1n) is 6.85. The van der Waals surface area contributed by atoms with Crippen LogP contribution < -0.4 is 9.47 Å². The van der Waals surface area contributed by atoms with E-state index < -0.39 is 44.4 Å². The van der Waals surface area contributed by atoms with Crippen LogP contribution in [0.5, 0.6) is 11.5 Å². The molecule has 0 saturated carbocycles. The summed E-state index contributed by atoms with van der Waals surface area (Å²) >= 11 is 0. The molecule has 0 heterocycles. The summed E-state index contributed by atoms with van der Waals surface area (Å²) < 4.78 is 52.0. The van der Waals surface area contributed by atoms with Crippen molar-refractivity contribution < 1.29 is 32.5 Å². The van der Waals surface area contributed by atoms with E-state index in [4.69, 9.17) is 9.47 Å². The third kappa shape index (κ3) is 3.61. The zero-order valence-electron chi connectivity index (χ0n) is 13.6. The Hall–Kier alpha value is -3.77. The Kier molecular flexibility index (Phi) is 5.53. The number of ether oxygens (including phenoxy) is 2. The first-order valence-corrected chi connectivity index (χ1v) is 6.85. The van der Waals surface area contributed by atoms with Gasteiger partial charge in [-0.25, -0.2) is 0 Å². The second kappa shape index (κ2) is 7.63. The van der Waals surface area contributed by atoms with Gasteiger partial charge in [0, 0.05) is 6.07 Å². The smallest absolute Gasteiger partial charge is 0.349 e. The zero-order valence-corrected chi connectivity index (χ0v) is 13.6. The van der Waals surface area contributed by atoms with E-state index in [1.165, 1.54) is 32.4 Å². The van der Waals surface area contributed by atoms with Gasteiger partial charge in [0.1, 0.15) is 17.2 Å². The van der Waals surface area contributed by atoms with Crippen LogP contribution >= 0.6 is 0 Å². The third-order valence-electron chi connectivity index (χ3n) is 3.26. The van der Waals surface area contributed by atoms with Gasteiger partial charge in [0.2, 0.25) is 11.6 Å².